The molecule has 1 saturated heterocycles. The van der Waals surface area contributed by atoms with Gasteiger partial charge in [0.05, 0.1) is 12.1 Å². The summed E-state index contributed by atoms with van der Waals surface area (Å²) < 4.78 is 0. The van der Waals surface area contributed by atoms with Gasteiger partial charge in [-0.15, -0.1) is 0 Å². The summed E-state index contributed by atoms with van der Waals surface area (Å²) in [6.07, 6.45) is 0.896. The minimum atomic E-state index is -0.898. The second-order valence-corrected chi connectivity index (χ2v) is 5.27. The highest BCUT2D eigenvalue weighted by molar-refractivity contribution is 6.02. The van der Waals surface area contributed by atoms with E-state index in [-0.39, 0.29) is 30.8 Å². The summed E-state index contributed by atoms with van der Waals surface area (Å²) in [7, 11) is 0. The van der Waals surface area contributed by atoms with E-state index in [1.807, 2.05) is 37.3 Å². The minimum absolute atomic E-state index is 0.0378. The van der Waals surface area contributed by atoms with Gasteiger partial charge < -0.3 is 5.11 Å². The first kappa shape index (κ1) is 16.1. The SMILES string of the molecule is CC1CC(C(=O)N/N=C(/CCC(=O)O)c2ccccc2)NN1. The van der Waals surface area contributed by atoms with Crippen molar-refractivity contribution in [2.75, 3.05) is 0 Å². The van der Waals surface area contributed by atoms with Crippen LogP contribution in [-0.4, -0.2) is 34.8 Å². The Labute approximate surface area is 128 Å². The smallest absolute Gasteiger partial charge is 0.303 e. The Morgan fingerprint density at radius 3 is 2.59 bits per heavy atom. The molecule has 2 unspecified atom stereocenters. The molecule has 0 saturated carbocycles. The van der Waals surface area contributed by atoms with Crippen molar-refractivity contribution >= 4 is 17.6 Å². The highest BCUT2D eigenvalue weighted by Crippen LogP contribution is 2.07. The standard InChI is InChI=1S/C15H20N4O3/c1-10-9-13(18-16-10)15(22)19-17-12(7-8-14(20)21)11-5-3-2-4-6-11/h2-6,10,13,16,18H,7-9H2,1H3,(H,19,22)(H,20,21)/b17-12-. The zero-order valence-electron chi connectivity index (χ0n) is 12.4. The van der Waals surface area contributed by atoms with E-state index in [1.165, 1.54) is 0 Å². The quantitative estimate of drug-likeness (QED) is 0.456. The van der Waals surface area contributed by atoms with E-state index in [2.05, 4.69) is 21.4 Å². The molecule has 7 nitrogen and oxygen atoms in total. The Kier molecular flexibility index (Phi) is 5.62. The number of hydrazine groups is 1. The van der Waals surface area contributed by atoms with Crippen molar-refractivity contribution in [3.63, 3.8) is 0 Å². The van der Waals surface area contributed by atoms with Crippen molar-refractivity contribution in [1.82, 2.24) is 16.3 Å². The van der Waals surface area contributed by atoms with Gasteiger partial charge in [-0.2, -0.15) is 5.10 Å². The molecule has 0 aliphatic carbocycles. The number of carboxylic acids is 1. The summed E-state index contributed by atoms with van der Waals surface area (Å²) in [5.41, 5.74) is 9.74. The number of benzene rings is 1. The van der Waals surface area contributed by atoms with Crippen molar-refractivity contribution in [2.45, 2.75) is 38.3 Å². The van der Waals surface area contributed by atoms with Crippen LogP contribution in [0.3, 0.4) is 0 Å². The van der Waals surface area contributed by atoms with E-state index in [0.29, 0.717) is 12.1 Å². The number of carbonyl (C=O) groups excluding carboxylic acids is 1. The number of rotatable bonds is 6. The molecule has 2 rings (SSSR count). The monoisotopic (exact) mass is 304 g/mol. The normalized spacial score (nSPS) is 21.6. The summed E-state index contributed by atoms with van der Waals surface area (Å²) >= 11 is 0. The topological polar surface area (TPSA) is 103 Å². The van der Waals surface area contributed by atoms with Gasteiger partial charge in [0.25, 0.3) is 5.91 Å². The third-order valence-electron chi connectivity index (χ3n) is 3.39. The number of aliphatic carboxylic acids is 1. The second-order valence-electron chi connectivity index (χ2n) is 5.27. The molecule has 4 N–H and O–H groups in total. The van der Waals surface area contributed by atoms with Crippen LogP contribution >= 0.6 is 0 Å². The predicted octanol–water partition coefficient (Wildman–Crippen LogP) is 0.627. The zero-order chi connectivity index (χ0) is 15.9. The van der Waals surface area contributed by atoms with E-state index in [9.17, 15) is 9.59 Å². The number of amides is 1. The molecule has 0 bridgehead atoms. The van der Waals surface area contributed by atoms with Crippen LogP contribution in [0.1, 0.15) is 31.7 Å². The number of nitrogens with zero attached hydrogens (tertiary/aromatic N) is 1. The molecule has 1 amide bonds. The molecule has 7 heteroatoms. The van der Waals surface area contributed by atoms with Gasteiger partial charge in [-0.05, 0) is 18.9 Å². The fraction of sp³-hybridized carbons (Fsp3) is 0.400. The highest BCUT2D eigenvalue weighted by atomic mass is 16.4. The average Bonchev–Trinajstić information content (AvgIpc) is 2.94. The first-order valence-corrected chi connectivity index (χ1v) is 7.21. The molecule has 1 aliphatic heterocycles. The van der Waals surface area contributed by atoms with Crippen molar-refractivity contribution in [3.8, 4) is 0 Å². The molecule has 0 radical (unpaired) electrons. The molecule has 1 fully saturated rings. The van der Waals surface area contributed by atoms with Gasteiger partial charge in [0.15, 0.2) is 0 Å². The maximum atomic E-state index is 12.0. The minimum Gasteiger partial charge on any atom is -0.481 e. The summed E-state index contributed by atoms with van der Waals surface area (Å²) in [4.78, 5) is 22.8. The molecular weight excluding hydrogens is 284 g/mol. The highest BCUT2D eigenvalue weighted by Gasteiger charge is 2.26. The zero-order valence-corrected chi connectivity index (χ0v) is 12.4. The van der Waals surface area contributed by atoms with Gasteiger partial charge in [-0.25, -0.2) is 10.9 Å². The Hall–Kier alpha value is -2.25. The maximum absolute atomic E-state index is 12.0. The Bertz CT molecular complexity index is 559. The Morgan fingerprint density at radius 1 is 1.27 bits per heavy atom. The lowest BCUT2D eigenvalue weighted by Crippen LogP contribution is -2.42. The lowest BCUT2D eigenvalue weighted by atomic mass is 10.1. The van der Waals surface area contributed by atoms with Crippen molar-refractivity contribution < 1.29 is 14.7 Å². The summed E-state index contributed by atoms with van der Waals surface area (Å²) in [5.74, 6) is -1.13. The number of hydrazone groups is 1. The van der Waals surface area contributed by atoms with Crippen LogP contribution in [0.15, 0.2) is 35.4 Å². The van der Waals surface area contributed by atoms with Crippen LogP contribution in [-0.2, 0) is 9.59 Å². The van der Waals surface area contributed by atoms with Crippen LogP contribution in [0.2, 0.25) is 0 Å². The molecule has 22 heavy (non-hydrogen) atoms. The van der Waals surface area contributed by atoms with Crippen molar-refractivity contribution in [3.05, 3.63) is 35.9 Å². The lowest BCUT2D eigenvalue weighted by molar-refractivity contribution is -0.136. The number of nitrogens with one attached hydrogen (secondary N) is 3. The summed E-state index contributed by atoms with van der Waals surface area (Å²) in [6, 6.07) is 9.12. The van der Waals surface area contributed by atoms with E-state index < -0.39 is 5.97 Å². The van der Waals surface area contributed by atoms with Gasteiger partial charge >= 0.3 is 5.97 Å². The summed E-state index contributed by atoms with van der Waals surface area (Å²) in [5, 5.41) is 12.9. The maximum Gasteiger partial charge on any atom is 0.303 e. The first-order chi connectivity index (χ1) is 10.6. The molecule has 118 valence electrons. The van der Waals surface area contributed by atoms with E-state index in [1.54, 1.807) is 0 Å². The Morgan fingerprint density at radius 2 is 2.00 bits per heavy atom. The average molecular weight is 304 g/mol. The van der Waals surface area contributed by atoms with E-state index >= 15 is 0 Å². The van der Waals surface area contributed by atoms with Crippen LogP contribution in [0.5, 0.6) is 0 Å². The largest absolute Gasteiger partial charge is 0.481 e. The molecule has 1 aromatic rings. The van der Waals surface area contributed by atoms with Crippen LogP contribution in [0.25, 0.3) is 0 Å². The van der Waals surface area contributed by atoms with E-state index in [0.717, 1.165) is 5.56 Å². The van der Waals surface area contributed by atoms with Gasteiger partial charge in [0.2, 0.25) is 0 Å². The van der Waals surface area contributed by atoms with Crippen LogP contribution in [0, 0.1) is 0 Å². The van der Waals surface area contributed by atoms with E-state index in [4.69, 9.17) is 5.11 Å². The third kappa shape index (κ3) is 4.64. The lowest BCUT2D eigenvalue weighted by Gasteiger charge is -2.09. The Balaban J connectivity index is 2.04. The van der Waals surface area contributed by atoms with Gasteiger partial charge in [-0.3, -0.25) is 15.0 Å². The fourth-order valence-corrected chi connectivity index (χ4v) is 2.21. The summed E-state index contributed by atoms with van der Waals surface area (Å²) in [6.45, 7) is 1.98. The van der Waals surface area contributed by atoms with Crippen molar-refractivity contribution in [2.24, 2.45) is 5.10 Å². The number of hydrogen-bond acceptors (Lipinski definition) is 5. The number of carboxylic acid groups (broad SMARTS) is 1. The molecule has 2 atom stereocenters. The molecule has 1 aliphatic rings. The van der Waals surface area contributed by atoms with Gasteiger partial charge in [0.1, 0.15) is 6.04 Å². The van der Waals surface area contributed by atoms with Gasteiger partial charge in [-0.1, -0.05) is 30.3 Å². The number of carbonyl (C=O) groups is 2. The van der Waals surface area contributed by atoms with Crippen LogP contribution < -0.4 is 16.3 Å². The van der Waals surface area contributed by atoms with Crippen LogP contribution in [0.4, 0.5) is 0 Å². The molecule has 1 heterocycles. The number of hydrogen-bond donors (Lipinski definition) is 4. The van der Waals surface area contributed by atoms with Crippen molar-refractivity contribution in [1.29, 1.82) is 0 Å². The molecular formula is C15H20N4O3. The third-order valence-corrected chi connectivity index (χ3v) is 3.39. The molecule has 1 aromatic carbocycles. The first-order valence-electron chi connectivity index (χ1n) is 7.21. The predicted molar refractivity (Wildman–Crippen MR) is 82.1 cm³/mol. The second kappa shape index (κ2) is 7.67. The van der Waals surface area contributed by atoms with Gasteiger partial charge in [0, 0.05) is 12.5 Å². The molecule has 0 aromatic heterocycles. The molecule has 0 spiro atoms. The fourth-order valence-electron chi connectivity index (χ4n) is 2.21.